The van der Waals surface area contributed by atoms with Crippen LogP contribution in [-0.2, 0) is 11.2 Å². The third kappa shape index (κ3) is 3.95. The Kier molecular flexibility index (Phi) is 4.95. The van der Waals surface area contributed by atoms with Crippen LogP contribution in [0.1, 0.15) is 15.9 Å². The minimum atomic E-state index is -1.11. The van der Waals surface area contributed by atoms with Gasteiger partial charge in [0, 0.05) is 23.0 Å². The summed E-state index contributed by atoms with van der Waals surface area (Å²) in [4.78, 5) is 28.4. The van der Waals surface area contributed by atoms with Gasteiger partial charge in [0.05, 0.1) is 11.1 Å². The number of carboxylic acids is 1. The lowest BCUT2D eigenvalue weighted by Gasteiger charge is -2.15. The second-order valence-corrected chi connectivity index (χ2v) is 6.02. The normalized spacial score (nSPS) is 11.9. The van der Waals surface area contributed by atoms with E-state index in [2.05, 4.69) is 10.3 Å². The number of halogens is 1. The number of rotatable bonds is 5. The molecule has 3 aromatic rings. The topological polar surface area (TPSA) is 79.3 Å². The van der Waals surface area contributed by atoms with Gasteiger partial charge in [0.1, 0.15) is 6.04 Å². The molecule has 6 heteroatoms. The summed E-state index contributed by atoms with van der Waals surface area (Å²) in [5.74, 6) is -1.58. The van der Waals surface area contributed by atoms with E-state index in [9.17, 15) is 14.7 Å². The quantitative estimate of drug-likeness (QED) is 0.736. The maximum atomic E-state index is 12.6. The van der Waals surface area contributed by atoms with Crippen molar-refractivity contribution in [2.24, 2.45) is 0 Å². The largest absolute Gasteiger partial charge is 0.480 e. The van der Waals surface area contributed by atoms with Crippen LogP contribution in [-0.4, -0.2) is 28.0 Å². The number of pyridine rings is 1. The van der Waals surface area contributed by atoms with E-state index >= 15 is 0 Å². The van der Waals surface area contributed by atoms with E-state index in [4.69, 9.17) is 11.6 Å². The Hall–Kier alpha value is -2.92. The molecule has 0 aliphatic carbocycles. The highest BCUT2D eigenvalue weighted by Crippen LogP contribution is 2.17. The van der Waals surface area contributed by atoms with Crippen molar-refractivity contribution in [2.45, 2.75) is 12.5 Å². The Balaban J connectivity index is 1.84. The standard InChI is InChI=1S/C19H15ClN2O3/c20-14-7-1-4-12(10-14)11-16(19(24)25)22-18(23)15-8-2-5-13-6-3-9-21-17(13)15/h1-10,16H,11H2,(H,22,23)(H,24,25)/t16-/m0/s1. The van der Waals surface area contributed by atoms with Crippen molar-refractivity contribution in [3.63, 3.8) is 0 Å². The Morgan fingerprint density at radius 1 is 1.12 bits per heavy atom. The predicted molar refractivity (Wildman–Crippen MR) is 95.8 cm³/mol. The molecule has 5 nitrogen and oxygen atoms in total. The van der Waals surface area contributed by atoms with Crippen molar-refractivity contribution >= 4 is 34.4 Å². The van der Waals surface area contributed by atoms with Crippen LogP contribution in [0.4, 0.5) is 0 Å². The van der Waals surface area contributed by atoms with Crippen molar-refractivity contribution in [3.8, 4) is 0 Å². The van der Waals surface area contributed by atoms with E-state index in [1.807, 2.05) is 12.1 Å². The summed E-state index contributed by atoms with van der Waals surface area (Å²) in [5, 5.41) is 13.4. The summed E-state index contributed by atoms with van der Waals surface area (Å²) >= 11 is 5.93. The van der Waals surface area contributed by atoms with Crippen molar-refractivity contribution in [1.82, 2.24) is 10.3 Å². The van der Waals surface area contributed by atoms with Crippen LogP contribution in [0.3, 0.4) is 0 Å². The van der Waals surface area contributed by atoms with E-state index in [1.54, 1.807) is 48.7 Å². The van der Waals surface area contributed by atoms with Crippen molar-refractivity contribution in [3.05, 3.63) is 76.9 Å². The first kappa shape index (κ1) is 16.9. The second-order valence-electron chi connectivity index (χ2n) is 5.58. The number of aliphatic carboxylic acids is 1. The molecule has 0 spiro atoms. The smallest absolute Gasteiger partial charge is 0.326 e. The molecule has 0 aliphatic rings. The molecule has 25 heavy (non-hydrogen) atoms. The molecule has 0 fully saturated rings. The van der Waals surface area contributed by atoms with Crippen molar-refractivity contribution in [1.29, 1.82) is 0 Å². The Labute approximate surface area is 149 Å². The molecule has 0 unspecified atom stereocenters. The fourth-order valence-corrected chi connectivity index (χ4v) is 2.84. The molecule has 1 amide bonds. The fraction of sp³-hybridized carbons (Fsp3) is 0.105. The van der Waals surface area contributed by atoms with Gasteiger partial charge in [0.25, 0.3) is 5.91 Å². The number of hydrogen-bond acceptors (Lipinski definition) is 3. The number of nitrogens with zero attached hydrogens (tertiary/aromatic N) is 1. The zero-order valence-corrected chi connectivity index (χ0v) is 13.9. The molecule has 0 bridgehead atoms. The predicted octanol–water partition coefficient (Wildman–Crippen LogP) is 3.31. The number of carbonyl (C=O) groups is 2. The zero-order chi connectivity index (χ0) is 17.8. The van der Waals surface area contributed by atoms with Crippen LogP contribution >= 0.6 is 11.6 Å². The summed E-state index contributed by atoms with van der Waals surface area (Å²) in [5.41, 5.74) is 1.61. The molecule has 0 radical (unpaired) electrons. The number of amides is 1. The number of hydrogen-bond donors (Lipinski definition) is 2. The lowest BCUT2D eigenvalue weighted by Crippen LogP contribution is -2.42. The minimum absolute atomic E-state index is 0.139. The van der Waals surface area contributed by atoms with Crippen LogP contribution in [0.5, 0.6) is 0 Å². The Morgan fingerprint density at radius 3 is 2.64 bits per heavy atom. The lowest BCUT2D eigenvalue weighted by atomic mass is 10.0. The first-order valence-electron chi connectivity index (χ1n) is 7.66. The van der Waals surface area contributed by atoms with Gasteiger partial charge in [-0.15, -0.1) is 0 Å². The molecule has 1 aromatic heterocycles. The average molecular weight is 355 g/mol. The highest BCUT2D eigenvalue weighted by molar-refractivity contribution is 6.30. The molecule has 2 aromatic carbocycles. The first-order chi connectivity index (χ1) is 12.0. The van der Waals surface area contributed by atoms with Gasteiger partial charge in [0.15, 0.2) is 0 Å². The summed E-state index contributed by atoms with van der Waals surface area (Å²) in [7, 11) is 0. The van der Waals surface area contributed by atoms with Crippen LogP contribution in [0.2, 0.25) is 5.02 Å². The van der Waals surface area contributed by atoms with Gasteiger partial charge in [-0.1, -0.05) is 41.9 Å². The van der Waals surface area contributed by atoms with Crippen LogP contribution in [0, 0.1) is 0 Å². The summed E-state index contributed by atoms with van der Waals surface area (Å²) in [6, 6.07) is 14.7. The maximum absolute atomic E-state index is 12.6. The average Bonchev–Trinajstić information content (AvgIpc) is 2.60. The zero-order valence-electron chi connectivity index (χ0n) is 13.1. The van der Waals surface area contributed by atoms with Crippen molar-refractivity contribution in [2.75, 3.05) is 0 Å². The van der Waals surface area contributed by atoms with Crippen LogP contribution < -0.4 is 5.32 Å². The molecular weight excluding hydrogens is 340 g/mol. The van der Waals surface area contributed by atoms with Gasteiger partial charge >= 0.3 is 5.97 Å². The molecule has 1 heterocycles. The van der Waals surface area contributed by atoms with Gasteiger partial charge in [0.2, 0.25) is 0 Å². The fourth-order valence-electron chi connectivity index (χ4n) is 2.62. The van der Waals surface area contributed by atoms with E-state index < -0.39 is 17.9 Å². The Morgan fingerprint density at radius 2 is 1.88 bits per heavy atom. The molecular formula is C19H15ClN2O3. The van der Waals surface area contributed by atoms with E-state index in [-0.39, 0.29) is 6.42 Å². The highest BCUT2D eigenvalue weighted by atomic mass is 35.5. The molecule has 0 aliphatic heterocycles. The van der Waals surface area contributed by atoms with Gasteiger partial charge in [-0.05, 0) is 29.8 Å². The molecule has 0 saturated heterocycles. The number of fused-ring (bicyclic) bond motifs is 1. The number of nitrogens with one attached hydrogen (secondary N) is 1. The third-order valence-electron chi connectivity index (χ3n) is 3.81. The summed E-state index contributed by atoms with van der Waals surface area (Å²) in [6.45, 7) is 0. The van der Waals surface area contributed by atoms with Crippen LogP contribution in [0.25, 0.3) is 10.9 Å². The highest BCUT2D eigenvalue weighted by Gasteiger charge is 2.22. The maximum Gasteiger partial charge on any atom is 0.326 e. The molecule has 1 atom stereocenters. The van der Waals surface area contributed by atoms with Gasteiger partial charge in [-0.25, -0.2) is 4.79 Å². The molecule has 126 valence electrons. The number of benzene rings is 2. The number of carbonyl (C=O) groups excluding carboxylic acids is 1. The number of carboxylic acid groups (broad SMARTS) is 1. The van der Waals surface area contributed by atoms with E-state index in [0.717, 1.165) is 10.9 Å². The number of para-hydroxylation sites is 1. The third-order valence-corrected chi connectivity index (χ3v) is 4.04. The summed E-state index contributed by atoms with van der Waals surface area (Å²) < 4.78 is 0. The van der Waals surface area contributed by atoms with Gasteiger partial charge < -0.3 is 10.4 Å². The van der Waals surface area contributed by atoms with Gasteiger partial charge in [-0.2, -0.15) is 0 Å². The second kappa shape index (κ2) is 7.32. The molecule has 3 rings (SSSR count). The van der Waals surface area contributed by atoms with Gasteiger partial charge in [-0.3, -0.25) is 9.78 Å². The molecule has 0 saturated carbocycles. The summed E-state index contributed by atoms with van der Waals surface area (Å²) in [6.07, 6.45) is 1.74. The first-order valence-corrected chi connectivity index (χ1v) is 8.04. The lowest BCUT2D eigenvalue weighted by molar-refractivity contribution is -0.139. The molecule has 2 N–H and O–H groups in total. The minimum Gasteiger partial charge on any atom is -0.480 e. The van der Waals surface area contributed by atoms with Crippen LogP contribution in [0.15, 0.2) is 60.8 Å². The Bertz CT molecular complexity index is 937. The van der Waals surface area contributed by atoms with Crippen molar-refractivity contribution < 1.29 is 14.7 Å². The van der Waals surface area contributed by atoms with E-state index in [0.29, 0.717) is 16.1 Å². The monoisotopic (exact) mass is 354 g/mol. The number of aromatic nitrogens is 1. The van der Waals surface area contributed by atoms with E-state index in [1.165, 1.54) is 0 Å². The SMILES string of the molecule is O=C(N[C@@H](Cc1cccc(Cl)c1)C(=O)O)c1cccc2cccnc12.